The molecule has 0 fully saturated rings. The quantitative estimate of drug-likeness (QED) is 0.911. The second-order valence-corrected chi connectivity index (χ2v) is 4.90. The summed E-state index contributed by atoms with van der Waals surface area (Å²) in [6.45, 7) is 0. The molecule has 2 aromatic rings. The molecule has 0 bridgehead atoms. The molecule has 21 heavy (non-hydrogen) atoms. The summed E-state index contributed by atoms with van der Waals surface area (Å²) in [4.78, 5) is 15.2. The number of carboxylic acid groups (broad SMARTS) is 1. The van der Waals surface area contributed by atoms with Crippen molar-refractivity contribution in [3.05, 3.63) is 58.9 Å². The number of hydrogen-bond donors (Lipinski definition) is 2. The van der Waals surface area contributed by atoms with Gasteiger partial charge in [0.15, 0.2) is 0 Å². The van der Waals surface area contributed by atoms with Crippen molar-refractivity contribution in [1.29, 1.82) is 0 Å². The molecule has 0 amide bonds. The summed E-state index contributed by atoms with van der Waals surface area (Å²) in [6, 6.07) is 5.15. The Bertz CT molecular complexity index is 719. The molecule has 0 saturated carbocycles. The Morgan fingerprint density at radius 1 is 1.33 bits per heavy atom. The number of rotatable bonds is 3. The molecule has 6 heteroatoms. The highest BCUT2D eigenvalue weighted by Crippen LogP contribution is 2.33. The summed E-state index contributed by atoms with van der Waals surface area (Å²) in [7, 11) is 0. The number of pyridine rings is 1. The second kappa shape index (κ2) is 5.12. The first-order valence-electron chi connectivity index (χ1n) is 6.49. The van der Waals surface area contributed by atoms with Crippen molar-refractivity contribution >= 4 is 11.7 Å². The van der Waals surface area contributed by atoms with Crippen LogP contribution in [-0.4, -0.2) is 16.1 Å². The lowest BCUT2D eigenvalue weighted by Crippen LogP contribution is -2.11. The van der Waals surface area contributed by atoms with Gasteiger partial charge in [-0.2, -0.15) is 0 Å². The Morgan fingerprint density at radius 2 is 2.14 bits per heavy atom. The van der Waals surface area contributed by atoms with Crippen LogP contribution in [0.3, 0.4) is 0 Å². The number of benzene rings is 1. The Balaban J connectivity index is 1.93. The molecule has 0 aliphatic heterocycles. The first-order chi connectivity index (χ1) is 10.1. The van der Waals surface area contributed by atoms with E-state index in [9.17, 15) is 13.6 Å². The minimum Gasteiger partial charge on any atom is -0.478 e. The summed E-state index contributed by atoms with van der Waals surface area (Å²) in [5.74, 6) is -3.34. The second-order valence-electron chi connectivity index (χ2n) is 4.90. The molecule has 1 aromatic heterocycles. The van der Waals surface area contributed by atoms with E-state index < -0.39 is 23.2 Å². The topological polar surface area (TPSA) is 62.2 Å². The van der Waals surface area contributed by atoms with Gasteiger partial charge in [-0.1, -0.05) is 6.07 Å². The monoisotopic (exact) mass is 290 g/mol. The molecule has 1 unspecified atom stereocenters. The van der Waals surface area contributed by atoms with E-state index in [1.807, 2.05) is 12.1 Å². The number of halogens is 2. The molecule has 1 heterocycles. The van der Waals surface area contributed by atoms with Crippen LogP contribution in [0.1, 0.15) is 34.1 Å². The minimum absolute atomic E-state index is 0.0303. The van der Waals surface area contributed by atoms with Crippen LogP contribution in [0.5, 0.6) is 0 Å². The summed E-state index contributed by atoms with van der Waals surface area (Å²) >= 11 is 0. The zero-order chi connectivity index (χ0) is 15.0. The lowest BCUT2D eigenvalue weighted by molar-refractivity contribution is 0.0692. The molecule has 4 nitrogen and oxygen atoms in total. The predicted octanol–water partition coefficient (Wildman–Crippen LogP) is 3.16. The van der Waals surface area contributed by atoms with Crippen molar-refractivity contribution < 1.29 is 18.7 Å². The maximum atomic E-state index is 13.8. The predicted molar refractivity (Wildman–Crippen MR) is 72.2 cm³/mol. The molecule has 2 N–H and O–H groups in total. The fourth-order valence-electron chi connectivity index (χ4n) is 2.56. The SMILES string of the molecule is O=C(O)c1cc(NC2CCc3cccnc32)c(F)cc1F. The number of carbonyl (C=O) groups is 1. The standard InChI is InChI=1S/C15H12F2N2O2/c16-10-7-11(17)13(6-9(10)15(20)21)19-12-4-3-8-2-1-5-18-14(8)12/h1-2,5-7,12,19H,3-4H2,(H,20,21). The number of aromatic nitrogens is 1. The molecule has 1 aliphatic rings. The van der Waals surface area contributed by atoms with Crippen molar-refractivity contribution in [2.24, 2.45) is 0 Å². The van der Waals surface area contributed by atoms with Crippen LogP contribution in [0.4, 0.5) is 14.5 Å². The summed E-state index contributed by atoms with van der Waals surface area (Å²) in [5.41, 5.74) is 1.31. The summed E-state index contributed by atoms with van der Waals surface area (Å²) < 4.78 is 27.2. The highest BCUT2D eigenvalue weighted by atomic mass is 19.1. The van der Waals surface area contributed by atoms with Crippen molar-refractivity contribution in [1.82, 2.24) is 4.98 Å². The zero-order valence-corrected chi connectivity index (χ0v) is 10.9. The molecule has 0 radical (unpaired) electrons. The van der Waals surface area contributed by atoms with Gasteiger partial charge in [-0.05, 0) is 30.5 Å². The van der Waals surface area contributed by atoms with Crippen molar-refractivity contribution in [3.8, 4) is 0 Å². The first kappa shape index (κ1) is 13.5. The third-order valence-corrected chi connectivity index (χ3v) is 3.58. The number of aryl methyl sites for hydroxylation is 1. The molecule has 0 saturated heterocycles. The van der Waals surface area contributed by atoms with Crippen LogP contribution >= 0.6 is 0 Å². The minimum atomic E-state index is -1.43. The fraction of sp³-hybridized carbons (Fsp3) is 0.200. The van der Waals surface area contributed by atoms with Gasteiger partial charge in [0.25, 0.3) is 0 Å². The largest absolute Gasteiger partial charge is 0.478 e. The van der Waals surface area contributed by atoms with Gasteiger partial charge in [0, 0.05) is 12.3 Å². The third kappa shape index (κ3) is 2.44. The Hall–Kier alpha value is -2.50. The lowest BCUT2D eigenvalue weighted by Gasteiger charge is -2.16. The van der Waals surface area contributed by atoms with E-state index in [2.05, 4.69) is 10.3 Å². The van der Waals surface area contributed by atoms with E-state index in [1.54, 1.807) is 6.20 Å². The van der Waals surface area contributed by atoms with Gasteiger partial charge >= 0.3 is 5.97 Å². The molecular weight excluding hydrogens is 278 g/mol. The average molecular weight is 290 g/mol. The van der Waals surface area contributed by atoms with Crippen LogP contribution in [0, 0.1) is 11.6 Å². The number of carboxylic acids is 1. The highest BCUT2D eigenvalue weighted by molar-refractivity contribution is 5.89. The van der Waals surface area contributed by atoms with E-state index in [0.717, 1.165) is 30.2 Å². The number of hydrogen-bond acceptors (Lipinski definition) is 3. The van der Waals surface area contributed by atoms with E-state index in [4.69, 9.17) is 5.11 Å². The Kier molecular flexibility index (Phi) is 3.29. The van der Waals surface area contributed by atoms with Crippen molar-refractivity contribution in [2.75, 3.05) is 5.32 Å². The van der Waals surface area contributed by atoms with Crippen LogP contribution in [0.15, 0.2) is 30.5 Å². The molecule has 0 spiro atoms. The van der Waals surface area contributed by atoms with Gasteiger partial charge in [-0.3, -0.25) is 4.98 Å². The van der Waals surface area contributed by atoms with E-state index in [-0.39, 0.29) is 11.7 Å². The number of aromatic carboxylic acids is 1. The smallest absolute Gasteiger partial charge is 0.338 e. The number of nitrogens with one attached hydrogen (secondary N) is 1. The zero-order valence-electron chi connectivity index (χ0n) is 10.9. The van der Waals surface area contributed by atoms with E-state index in [1.165, 1.54) is 0 Å². The summed E-state index contributed by atoms with van der Waals surface area (Å²) in [6.07, 6.45) is 3.20. The fourth-order valence-corrected chi connectivity index (χ4v) is 2.56. The van der Waals surface area contributed by atoms with Crippen LogP contribution < -0.4 is 5.32 Å². The van der Waals surface area contributed by atoms with Gasteiger partial charge < -0.3 is 10.4 Å². The molecule has 1 atom stereocenters. The van der Waals surface area contributed by atoms with Gasteiger partial charge in [0.05, 0.1) is 23.0 Å². The van der Waals surface area contributed by atoms with Crippen LogP contribution in [0.2, 0.25) is 0 Å². The highest BCUT2D eigenvalue weighted by Gasteiger charge is 2.25. The van der Waals surface area contributed by atoms with Gasteiger partial charge in [0.2, 0.25) is 0 Å². The molecule has 108 valence electrons. The van der Waals surface area contributed by atoms with Crippen LogP contribution in [0.25, 0.3) is 0 Å². The van der Waals surface area contributed by atoms with Crippen LogP contribution in [-0.2, 0) is 6.42 Å². The number of nitrogens with zero attached hydrogens (tertiary/aromatic N) is 1. The third-order valence-electron chi connectivity index (χ3n) is 3.58. The van der Waals surface area contributed by atoms with Gasteiger partial charge in [-0.15, -0.1) is 0 Å². The van der Waals surface area contributed by atoms with Crippen molar-refractivity contribution in [3.63, 3.8) is 0 Å². The van der Waals surface area contributed by atoms with E-state index >= 15 is 0 Å². The maximum absolute atomic E-state index is 13.8. The number of fused-ring (bicyclic) bond motifs is 1. The summed E-state index contributed by atoms with van der Waals surface area (Å²) in [5, 5.41) is 11.8. The molecule has 3 rings (SSSR count). The normalized spacial score (nSPS) is 16.6. The number of anilines is 1. The Labute approximate surface area is 119 Å². The van der Waals surface area contributed by atoms with Gasteiger partial charge in [0.1, 0.15) is 11.6 Å². The van der Waals surface area contributed by atoms with E-state index in [0.29, 0.717) is 6.07 Å². The molecular formula is C15H12F2N2O2. The Morgan fingerprint density at radius 3 is 2.90 bits per heavy atom. The molecule has 1 aliphatic carbocycles. The van der Waals surface area contributed by atoms with Crippen molar-refractivity contribution in [2.45, 2.75) is 18.9 Å². The molecule has 1 aromatic carbocycles. The lowest BCUT2D eigenvalue weighted by atomic mass is 10.1. The average Bonchev–Trinajstić information content (AvgIpc) is 2.85. The first-order valence-corrected chi connectivity index (χ1v) is 6.49. The van der Waals surface area contributed by atoms with Gasteiger partial charge in [-0.25, -0.2) is 13.6 Å². The maximum Gasteiger partial charge on any atom is 0.338 e.